The Kier molecular flexibility index (Phi) is 4.86. The molecule has 0 aromatic heterocycles. The standard InChI is InChI=1S/C16H23BrN2O/c1-10(2)18-9-13-5-6-15(20)19(13)14-7-11(3)16(17)12(4)8-14/h7-8,10,13,18H,5-6,9H2,1-4H3/t13-/m1/s1. The number of aryl methyl sites for hydroxylation is 2. The molecule has 0 bridgehead atoms. The number of nitrogens with one attached hydrogen (secondary N) is 1. The van der Waals surface area contributed by atoms with Gasteiger partial charge in [-0.1, -0.05) is 29.8 Å². The molecule has 1 N–H and O–H groups in total. The summed E-state index contributed by atoms with van der Waals surface area (Å²) >= 11 is 3.59. The van der Waals surface area contributed by atoms with Crippen molar-refractivity contribution in [2.75, 3.05) is 11.4 Å². The molecule has 1 amide bonds. The minimum atomic E-state index is 0.238. The van der Waals surface area contributed by atoms with E-state index in [-0.39, 0.29) is 11.9 Å². The molecule has 1 saturated heterocycles. The molecule has 0 radical (unpaired) electrons. The van der Waals surface area contributed by atoms with Crippen molar-refractivity contribution in [1.82, 2.24) is 5.32 Å². The third-order valence-electron chi connectivity index (χ3n) is 3.79. The Morgan fingerprint density at radius 1 is 1.35 bits per heavy atom. The van der Waals surface area contributed by atoms with Crippen molar-refractivity contribution in [3.63, 3.8) is 0 Å². The fourth-order valence-electron chi connectivity index (χ4n) is 2.73. The summed E-state index contributed by atoms with van der Waals surface area (Å²) in [5.74, 6) is 0.238. The average molecular weight is 339 g/mol. The number of nitrogens with zero attached hydrogens (tertiary/aromatic N) is 1. The van der Waals surface area contributed by atoms with Crippen LogP contribution in [0.4, 0.5) is 5.69 Å². The van der Waals surface area contributed by atoms with Crippen LogP contribution in [0.15, 0.2) is 16.6 Å². The van der Waals surface area contributed by atoms with E-state index in [1.807, 2.05) is 4.90 Å². The van der Waals surface area contributed by atoms with Crippen LogP contribution in [-0.4, -0.2) is 24.5 Å². The Bertz CT molecular complexity index is 490. The summed E-state index contributed by atoms with van der Waals surface area (Å²) < 4.78 is 1.13. The molecule has 1 fully saturated rings. The number of carbonyl (C=O) groups is 1. The smallest absolute Gasteiger partial charge is 0.227 e. The van der Waals surface area contributed by atoms with Crippen LogP contribution in [-0.2, 0) is 4.79 Å². The predicted octanol–water partition coefficient (Wildman–Crippen LogP) is 3.56. The highest BCUT2D eigenvalue weighted by Gasteiger charge is 2.32. The second-order valence-electron chi connectivity index (χ2n) is 5.91. The molecule has 110 valence electrons. The molecule has 1 atom stereocenters. The van der Waals surface area contributed by atoms with Gasteiger partial charge in [0, 0.05) is 35.2 Å². The van der Waals surface area contributed by atoms with Gasteiger partial charge in [-0.2, -0.15) is 0 Å². The fourth-order valence-corrected chi connectivity index (χ4v) is 2.95. The van der Waals surface area contributed by atoms with Crippen molar-refractivity contribution in [2.45, 2.75) is 52.6 Å². The van der Waals surface area contributed by atoms with E-state index >= 15 is 0 Å². The first-order valence-electron chi connectivity index (χ1n) is 7.22. The molecule has 20 heavy (non-hydrogen) atoms. The number of amides is 1. The third kappa shape index (κ3) is 3.23. The zero-order valence-electron chi connectivity index (χ0n) is 12.7. The summed E-state index contributed by atoms with van der Waals surface area (Å²) in [6, 6.07) is 4.91. The molecular formula is C16H23BrN2O. The number of carbonyl (C=O) groups excluding carboxylic acids is 1. The maximum Gasteiger partial charge on any atom is 0.227 e. The van der Waals surface area contributed by atoms with Crippen LogP contribution in [0.5, 0.6) is 0 Å². The molecule has 1 heterocycles. The summed E-state index contributed by atoms with van der Waals surface area (Å²) in [6.07, 6.45) is 1.59. The lowest BCUT2D eigenvalue weighted by molar-refractivity contribution is -0.117. The largest absolute Gasteiger partial charge is 0.312 e. The lowest BCUT2D eigenvalue weighted by atomic mass is 10.1. The summed E-state index contributed by atoms with van der Waals surface area (Å²) in [5.41, 5.74) is 3.38. The molecule has 1 aromatic rings. The molecule has 3 nitrogen and oxygen atoms in total. The molecule has 1 aliphatic rings. The van der Waals surface area contributed by atoms with Crippen molar-refractivity contribution >= 4 is 27.5 Å². The number of anilines is 1. The van der Waals surface area contributed by atoms with E-state index in [1.165, 1.54) is 11.1 Å². The zero-order chi connectivity index (χ0) is 14.9. The fraction of sp³-hybridized carbons (Fsp3) is 0.562. The van der Waals surface area contributed by atoms with Gasteiger partial charge in [-0.3, -0.25) is 4.79 Å². The second-order valence-corrected chi connectivity index (χ2v) is 6.71. The molecule has 0 spiro atoms. The first-order chi connectivity index (χ1) is 9.40. The number of hydrogen-bond donors (Lipinski definition) is 1. The first-order valence-corrected chi connectivity index (χ1v) is 8.01. The summed E-state index contributed by atoms with van der Waals surface area (Å²) in [6.45, 7) is 9.27. The van der Waals surface area contributed by atoms with Crippen LogP contribution >= 0.6 is 15.9 Å². The minimum Gasteiger partial charge on any atom is -0.312 e. The molecule has 1 aromatic carbocycles. The summed E-state index contributed by atoms with van der Waals surface area (Å²) in [5, 5.41) is 3.45. The van der Waals surface area contributed by atoms with Gasteiger partial charge in [-0.25, -0.2) is 0 Å². The van der Waals surface area contributed by atoms with Gasteiger partial charge in [0.2, 0.25) is 5.91 Å². The van der Waals surface area contributed by atoms with Gasteiger partial charge in [0.05, 0.1) is 0 Å². The first kappa shape index (κ1) is 15.5. The number of benzene rings is 1. The Labute approximate surface area is 129 Å². The van der Waals surface area contributed by atoms with E-state index in [4.69, 9.17) is 0 Å². The van der Waals surface area contributed by atoms with E-state index in [2.05, 4.69) is 61.1 Å². The molecule has 1 aliphatic heterocycles. The molecule has 2 rings (SSSR count). The van der Waals surface area contributed by atoms with Gasteiger partial charge >= 0.3 is 0 Å². The zero-order valence-corrected chi connectivity index (χ0v) is 14.3. The predicted molar refractivity (Wildman–Crippen MR) is 87.3 cm³/mol. The quantitative estimate of drug-likeness (QED) is 0.910. The Morgan fingerprint density at radius 3 is 2.50 bits per heavy atom. The highest BCUT2D eigenvalue weighted by atomic mass is 79.9. The number of halogens is 1. The van der Waals surface area contributed by atoms with Crippen LogP contribution < -0.4 is 10.2 Å². The van der Waals surface area contributed by atoms with Crippen LogP contribution in [0.25, 0.3) is 0 Å². The maximum absolute atomic E-state index is 12.2. The van der Waals surface area contributed by atoms with E-state index in [0.29, 0.717) is 12.5 Å². The van der Waals surface area contributed by atoms with E-state index in [1.54, 1.807) is 0 Å². The van der Waals surface area contributed by atoms with E-state index in [9.17, 15) is 4.79 Å². The Balaban J connectivity index is 2.26. The average Bonchev–Trinajstić information content (AvgIpc) is 2.74. The number of rotatable bonds is 4. The van der Waals surface area contributed by atoms with Crippen molar-refractivity contribution < 1.29 is 4.79 Å². The Hall–Kier alpha value is -0.870. The normalized spacial score (nSPS) is 19.2. The lowest BCUT2D eigenvalue weighted by Gasteiger charge is -2.27. The van der Waals surface area contributed by atoms with Gasteiger partial charge in [0.15, 0.2) is 0 Å². The van der Waals surface area contributed by atoms with Gasteiger partial charge in [0.1, 0.15) is 0 Å². The molecule has 0 aliphatic carbocycles. The van der Waals surface area contributed by atoms with Gasteiger partial charge in [-0.05, 0) is 43.5 Å². The maximum atomic E-state index is 12.2. The highest BCUT2D eigenvalue weighted by Crippen LogP contribution is 2.32. The van der Waals surface area contributed by atoms with Crippen molar-refractivity contribution in [1.29, 1.82) is 0 Å². The van der Waals surface area contributed by atoms with Crippen LogP contribution in [0.2, 0.25) is 0 Å². The monoisotopic (exact) mass is 338 g/mol. The second kappa shape index (κ2) is 6.27. The number of hydrogen-bond acceptors (Lipinski definition) is 2. The highest BCUT2D eigenvalue weighted by molar-refractivity contribution is 9.10. The van der Waals surface area contributed by atoms with Crippen LogP contribution in [0.1, 0.15) is 37.8 Å². The van der Waals surface area contributed by atoms with Crippen molar-refractivity contribution in [3.05, 3.63) is 27.7 Å². The van der Waals surface area contributed by atoms with Crippen LogP contribution in [0.3, 0.4) is 0 Å². The third-order valence-corrected chi connectivity index (χ3v) is 5.04. The Morgan fingerprint density at radius 2 is 1.95 bits per heavy atom. The molecule has 4 heteroatoms. The summed E-state index contributed by atoms with van der Waals surface area (Å²) in [7, 11) is 0. The minimum absolute atomic E-state index is 0.238. The topological polar surface area (TPSA) is 32.3 Å². The summed E-state index contributed by atoms with van der Waals surface area (Å²) in [4.78, 5) is 14.2. The molecular weight excluding hydrogens is 316 g/mol. The van der Waals surface area contributed by atoms with Gasteiger partial charge in [-0.15, -0.1) is 0 Å². The van der Waals surface area contributed by atoms with Crippen LogP contribution in [0, 0.1) is 13.8 Å². The van der Waals surface area contributed by atoms with E-state index < -0.39 is 0 Å². The lowest BCUT2D eigenvalue weighted by Crippen LogP contribution is -2.42. The molecule has 0 saturated carbocycles. The van der Waals surface area contributed by atoms with E-state index in [0.717, 1.165) is 23.1 Å². The van der Waals surface area contributed by atoms with Gasteiger partial charge in [0.25, 0.3) is 0 Å². The van der Waals surface area contributed by atoms with Crippen molar-refractivity contribution in [2.24, 2.45) is 0 Å². The SMILES string of the molecule is Cc1cc(N2C(=O)CC[C@@H]2CNC(C)C)cc(C)c1Br. The molecule has 0 unspecified atom stereocenters. The van der Waals surface area contributed by atoms with Crippen molar-refractivity contribution in [3.8, 4) is 0 Å². The van der Waals surface area contributed by atoms with Gasteiger partial charge < -0.3 is 10.2 Å².